The zero-order valence-electron chi connectivity index (χ0n) is 24.7. The number of hydrogen-bond donors (Lipinski definition) is 0. The molecule has 0 amide bonds. The van der Waals surface area contributed by atoms with Crippen molar-refractivity contribution in [3.8, 4) is 11.1 Å². The van der Waals surface area contributed by atoms with Crippen molar-refractivity contribution in [1.29, 1.82) is 0 Å². The Kier molecular flexibility index (Phi) is 5.79. The molecule has 0 spiro atoms. The van der Waals surface area contributed by atoms with Crippen LogP contribution in [-0.2, 0) is 0 Å². The molecule has 0 bridgehead atoms. The van der Waals surface area contributed by atoms with Crippen LogP contribution in [-0.4, -0.2) is 4.57 Å². The minimum Gasteiger partial charge on any atom is -0.456 e. The molecule has 0 fully saturated rings. The van der Waals surface area contributed by atoms with Gasteiger partial charge in [-0.05, 0) is 77.7 Å². The van der Waals surface area contributed by atoms with Crippen LogP contribution in [0.25, 0.3) is 56.1 Å². The van der Waals surface area contributed by atoms with Crippen molar-refractivity contribution in [3.63, 3.8) is 0 Å². The molecule has 0 radical (unpaired) electrons. The van der Waals surface area contributed by atoms with Crippen molar-refractivity contribution in [2.75, 3.05) is 4.90 Å². The summed E-state index contributed by atoms with van der Waals surface area (Å²) in [4.78, 5) is 2.33. The average molecular weight is 579 g/mol. The Morgan fingerprint density at radius 3 is 2.31 bits per heavy atom. The fraction of sp³-hybridized carbons (Fsp3) is 0.0476. The lowest BCUT2D eigenvalue weighted by Crippen LogP contribution is -2.26. The lowest BCUT2D eigenvalue weighted by atomic mass is 10.00. The van der Waals surface area contributed by atoms with Gasteiger partial charge < -0.3 is 13.9 Å². The molecule has 1 unspecified atom stereocenters. The number of aromatic nitrogens is 1. The third-order valence-corrected chi connectivity index (χ3v) is 9.25. The summed E-state index contributed by atoms with van der Waals surface area (Å²) in [7, 11) is 0. The fourth-order valence-corrected chi connectivity index (χ4v) is 7.19. The number of anilines is 3. The number of allylic oxidation sites excluding steroid dienone is 5. The van der Waals surface area contributed by atoms with E-state index in [0.29, 0.717) is 6.04 Å². The summed E-state index contributed by atoms with van der Waals surface area (Å²) in [5.41, 5.74) is 10.0. The second kappa shape index (κ2) is 10.1. The van der Waals surface area contributed by atoms with Gasteiger partial charge in [-0.15, -0.1) is 0 Å². The minimum absolute atomic E-state index is 0.336. The number of rotatable bonds is 5. The number of hydrogen-bond acceptors (Lipinski definition) is 2. The Bertz CT molecular complexity index is 2470. The summed E-state index contributed by atoms with van der Waals surface area (Å²) in [5.74, 6) is 0. The molecule has 1 aliphatic heterocycles. The SMILES string of the molecule is C=C/C=c1\c2n(c3ccc(N(c4ccc(-c5ccccc5)cc4)c4ccc5c(c4)oc4ccccc45)cc13)C1CC=CC=C1C=2. The summed E-state index contributed by atoms with van der Waals surface area (Å²) in [5, 5.41) is 5.95. The largest absolute Gasteiger partial charge is 0.456 e. The van der Waals surface area contributed by atoms with E-state index >= 15 is 0 Å². The first kappa shape index (κ1) is 25.7. The number of fused-ring (bicyclic) bond motifs is 8. The van der Waals surface area contributed by atoms with E-state index in [1.54, 1.807) is 0 Å². The normalized spacial score (nSPS) is 15.7. The monoisotopic (exact) mass is 578 g/mol. The van der Waals surface area contributed by atoms with E-state index in [-0.39, 0.29) is 0 Å². The van der Waals surface area contributed by atoms with E-state index in [2.05, 4.69) is 150 Å². The Balaban J connectivity index is 1.25. The highest BCUT2D eigenvalue weighted by Crippen LogP contribution is 2.40. The molecule has 0 saturated heterocycles. The average Bonchev–Trinajstić information content (AvgIpc) is 3.75. The van der Waals surface area contributed by atoms with Crippen molar-refractivity contribution in [2.24, 2.45) is 0 Å². The molecule has 3 heteroatoms. The van der Waals surface area contributed by atoms with Crippen LogP contribution in [0.2, 0.25) is 0 Å². The highest BCUT2D eigenvalue weighted by molar-refractivity contribution is 6.06. The lowest BCUT2D eigenvalue weighted by molar-refractivity contribution is 0.618. The summed E-state index contributed by atoms with van der Waals surface area (Å²) >= 11 is 0. The van der Waals surface area contributed by atoms with Gasteiger partial charge in [0.1, 0.15) is 11.2 Å². The molecule has 0 N–H and O–H groups in total. The first-order valence-electron chi connectivity index (χ1n) is 15.5. The fourth-order valence-electron chi connectivity index (χ4n) is 7.19. The second-order valence-corrected chi connectivity index (χ2v) is 11.8. The van der Waals surface area contributed by atoms with Crippen LogP contribution in [0.1, 0.15) is 12.5 Å². The summed E-state index contributed by atoms with van der Waals surface area (Å²) in [6, 6.07) is 41.4. The maximum absolute atomic E-state index is 6.34. The van der Waals surface area contributed by atoms with Crippen LogP contribution in [0, 0.1) is 0 Å². The van der Waals surface area contributed by atoms with Gasteiger partial charge in [0.05, 0.1) is 11.4 Å². The topological polar surface area (TPSA) is 21.3 Å². The van der Waals surface area contributed by atoms with Crippen LogP contribution < -0.4 is 15.5 Å². The van der Waals surface area contributed by atoms with E-state index in [4.69, 9.17) is 4.42 Å². The molecule has 7 aromatic rings. The van der Waals surface area contributed by atoms with Gasteiger partial charge in [-0.25, -0.2) is 0 Å². The predicted octanol–water partition coefficient (Wildman–Crippen LogP) is 9.87. The molecule has 2 aliphatic rings. The molecular formula is C42H30N2O. The predicted molar refractivity (Wildman–Crippen MR) is 189 cm³/mol. The summed E-state index contributed by atoms with van der Waals surface area (Å²) < 4.78 is 8.85. The van der Waals surface area contributed by atoms with E-state index < -0.39 is 0 Å². The van der Waals surface area contributed by atoms with Gasteiger partial charge in [-0.2, -0.15) is 0 Å². The molecule has 45 heavy (non-hydrogen) atoms. The van der Waals surface area contributed by atoms with Gasteiger partial charge in [0.25, 0.3) is 0 Å². The minimum atomic E-state index is 0.336. The summed E-state index contributed by atoms with van der Waals surface area (Å²) in [6.45, 7) is 4.06. The Morgan fingerprint density at radius 2 is 1.44 bits per heavy atom. The van der Waals surface area contributed by atoms with Crippen molar-refractivity contribution in [1.82, 2.24) is 4.57 Å². The Hall–Kier alpha value is -5.80. The van der Waals surface area contributed by atoms with Gasteiger partial charge in [-0.1, -0.05) is 97.6 Å². The zero-order valence-corrected chi connectivity index (χ0v) is 24.7. The number of furan rings is 1. The van der Waals surface area contributed by atoms with Gasteiger partial charge >= 0.3 is 0 Å². The smallest absolute Gasteiger partial charge is 0.137 e. The highest BCUT2D eigenvalue weighted by atomic mass is 16.3. The van der Waals surface area contributed by atoms with E-state index in [1.807, 2.05) is 18.2 Å². The maximum atomic E-state index is 6.34. The second-order valence-electron chi connectivity index (χ2n) is 11.8. The Morgan fingerprint density at radius 1 is 0.711 bits per heavy atom. The molecule has 3 nitrogen and oxygen atoms in total. The Labute approximate surface area is 261 Å². The van der Waals surface area contributed by atoms with Gasteiger partial charge in [0.2, 0.25) is 0 Å². The zero-order chi connectivity index (χ0) is 29.9. The molecule has 214 valence electrons. The van der Waals surface area contributed by atoms with E-state index in [0.717, 1.165) is 45.4 Å². The van der Waals surface area contributed by atoms with E-state index in [1.165, 1.54) is 38.2 Å². The molecule has 9 rings (SSSR count). The lowest BCUT2D eigenvalue weighted by Gasteiger charge is -2.26. The van der Waals surface area contributed by atoms with Crippen molar-refractivity contribution >= 4 is 62.1 Å². The van der Waals surface area contributed by atoms with E-state index in [9.17, 15) is 0 Å². The number of nitrogens with zero attached hydrogens (tertiary/aromatic N) is 2. The van der Waals surface area contributed by atoms with Crippen LogP contribution in [0.15, 0.2) is 156 Å². The molecule has 3 heterocycles. The third kappa shape index (κ3) is 4.05. The van der Waals surface area contributed by atoms with Crippen molar-refractivity contribution in [2.45, 2.75) is 12.5 Å². The van der Waals surface area contributed by atoms with Gasteiger partial charge in [0, 0.05) is 50.0 Å². The number of benzene rings is 5. The van der Waals surface area contributed by atoms with Gasteiger partial charge in [0.15, 0.2) is 0 Å². The quantitative estimate of drug-likeness (QED) is 0.203. The standard InChI is InChI=1S/C42H30N2O/c1-2-10-34-37-26-32(22-24-39(37)44-38-15-8-6-13-30(38)25-40(34)44)43(31-19-17-29(18-20-31)28-11-4-3-5-12-28)33-21-23-36-35-14-7-9-16-41(35)45-42(36)27-33/h2-14,16-27,38H,1,15H2/b34-10-. The molecule has 0 saturated carbocycles. The molecule has 1 atom stereocenters. The van der Waals surface area contributed by atoms with Crippen LogP contribution in [0.5, 0.6) is 0 Å². The van der Waals surface area contributed by atoms with Crippen LogP contribution >= 0.6 is 0 Å². The molecule has 2 aromatic heterocycles. The van der Waals surface area contributed by atoms with Crippen molar-refractivity contribution in [3.05, 3.63) is 162 Å². The third-order valence-electron chi connectivity index (χ3n) is 9.25. The maximum Gasteiger partial charge on any atom is 0.137 e. The highest BCUT2D eigenvalue weighted by Gasteiger charge is 2.26. The van der Waals surface area contributed by atoms with Crippen LogP contribution in [0.4, 0.5) is 17.1 Å². The first-order chi connectivity index (χ1) is 22.3. The summed E-state index contributed by atoms with van der Waals surface area (Å²) in [6.07, 6.45) is 14.1. The first-order valence-corrected chi connectivity index (χ1v) is 15.5. The molecular weight excluding hydrogens is 548 g/mol. The van der Waals surface area contributed by atoms with Crippen molar-refractivity contribution < 1.29 is 4.42 Å². The molecule has 1 aliphatic carbocycles. The van der Waals surface area contributed by atoms with Gasteiger partial charge in [-0.3, -0.25) is 0 Å². The molecule has 5 aromatic carbocycles. The number of para-hydroxylation sites is 1. The van der Waals surface area contributed by atoms with Crippen LogP contribution in [0.3, 0.4) is 0 Å².